The van der Waals surface area contributed by atoms with E-state index < -0.39 is 0 Å². The summed E-state index contributed by atoms with van der Waals surface area (Å²) in [5.74, 6) is 6.43. The molecule has 3 nitrogen and oxygen atoms in total. The molecule has 4 heteroatoms. The number of hydrogen-bond donors (Lipinski definition) is 1. The van der Waals surface area contributed by atoms with Crippen LogP contribution < -0.4 is 0 Å². The number of rotatable bonds is 5. The van der Waals surface area contributed by atoms with E-state index in [0.29, 0.717) is 11.1 Å². The van der Waals surface area contributed by atoms with Crippen LogP contribution in [0.2, 0.25) is 0 Å². The monoisotopic (exact) mass is 291 g/mol. The van der Waals surface area contributed by atoms with Gasteiger partial charge in [0.2, 0.25) is 0 Å². The number of carbonyl (C=O) groups is 1. The average molecular weight is 291 g/mol. The molecule has 108 valence electrons. The van der Waals surface area contributed by atoms with Crippen molar-refractivity contribution >= 4 is 17.7 Å². The molecular weight excluding hydrogens is 270 g/mol. The molecule has 0 aliphatic rings. The Morgan fingerprint density at radius 3 is 2.80 bits per heavy atom. The van der Waals surface area contributed by atoms with Crippen LogP contribution in [0.4, 0.5) is 0 Å². The van der Waals surface area contributed by atoms with Crippen LogP contribution in [0.25, 0.3) is 0 Å². The Kier molecular flexibility index (Phi) is 7.21. The number of aliphatic hydroxyl groups is 1. The zero-order chi connectivity index (χ0) is 15.0. The van der Waals surface area contributed by atoms with Crippen molar-refractivity contribution in [3.8, 4) is 11.8 Å². The molecule has 0 radical (unpaired) electrons. The molecule has 0 spiro atoms. The Morgan fingerprint density at radius 1 is 1.45 bits per heavy atom. The van der Waals surface area contributed by atoms with Crippen LogP contribution in [-0.2, 0) is 0 Å². The van der Waals surface area contributed by atoms with Crippen molar-refractivity contribution in [2.24, 2.45) is 0 Å². The summed E-state index contributed by atoms with van der Waals surface area (Å²) in [6.07, 6.45) is 3.03. The van der Waals surface area contributed by atoms with Crippen molar-refractivity contribution in [1.29, 1.82) is 0 Å². The lowest BCUT2D eigenvalue weighted by molar-refractivity contribution is 0.0741. The van der Waals surface area contributed by atoms with E-state index in [9.17, 15) is 4.79 Å². The minimum atomic E-state index is -0.206. The minimum Gasteiger partial charge on any atom is -0.384 e. The molecule has 1 rings (SSSR count). The second-order valence-electron chi connectivity index (χ2n) is 4.55. The third-order valence-electron chi connectivity index (χ3n) is 3.18. The van der Waals surface area contributed by atoms with Gasteiger partial charge in [-0.05, 0) is 37.5 Å². The van der Waals surface area contributed by atoms with Crippen LogP contribution in [0.1, 0.15) is 29.3 Å². The molecule has 0 saturated heterocycles. The standard InChI is InChI=1S/C16H21NO2S/c1-13(10-12-20-3)17(2)16(19)15-9-5-4-7-14(15)8-6-11-18/h4-5,7,9,13,18H,10-12H2,1-3H3. The molecule has 1 atom stereocenters. The molecule has 0 aliphatic carbocycles. The van der Waals surface area contributed by atoms with E-state index in [1.165, 1.54) is 0 Å². The van der Waals surface area contributed by atoms with E-state index in [4.69, 9.17) is 5.11 Å². The molecule has 0 fully saturated rings. The summed E-state index contributed by atoms with van der Waals surface area (Å²) in [7, 11) is 1.82. The van der Waals surface area contributed by atoms with Gasteiger partial charge in [0, 0.05) is 18.7 Å². The third-order valence-corrected chi connectivity index (χ3v) is 3.82. The van der Waals surface area contributed by atoms with Crippen LogP contribution in [0.15, 0.2) is 24.3 Å². The highest BCUT2D eigenvalue weighted by Gasteiger charge is 2.19. The maximum atomic E-state index is 12.5. The van der Waals surface area contributed by atoms with E-state index in [0.717, 1.165) is 12.2 Å². The fourth-order valence-corrected chi connectivity index (χ4v) is 2.36. The quantitative estimate of drug-likeness (QED) is 0.846. The molecular formula is C16H21NO2S. The molecule has 1 aromatic rings. The summed E-state index contributed by atoms with van der Waals surface area (Å²) in [6, 6.07) is 7.44. The van der Waals surface area contributed by atoms with E-state index in [-0.39, 0.29) is 18.6 Å². The lowest BCUT2D eigenvalue weighted by Crippen LogP contribution is -2.35. The Morgan fingerprint density at radius 2 is 2.15 bits per heavy atom. The third kappa shape index (κ3) is 4.59. The van der Waals surface area contributed by atoms with Gasteiger partial charge in [0.25, 0.3) is 5.91 Å². The number of aliphatic hydroxyl groups excluding tert-OH is 1. The Balaban J connectivity index is 2.91. The second-order valence-corrected chi connectivity index (χ2v) is 5.54. The number of benzene rings is 1. The molecule has 0 aliphatic heterocycles. The topological polar surface area (TPSA) is 40.5 Å². The first-order valence-electron chi connectivity index (χ1n) is 6.56. The van der Waals surface area contributed by atoms with E-state index >= 15 is 0 Å². The van der Waals surface area contributed by atoms with Gasteiger partial charge in [0.15, 0.2) is 0 Å². The van der Waals surface area contributed by atoms with E-state index in [2.05, 4.69) is 25.0 Å². The second kappa shape index (κ2) is 8.68. The number of nitrogens with zero attached hydrogens (tertiary/aromatic N) is 1. The maximum Gasteiger partial charge on any atom is 0.255 e. The minimum absolute atomic E-state index is 0.0264. The van der Waals surface area contributed by atoms with Crippen molar-refractivity contribution in [3.05, 3.63) is 35.4 Å². The fourth-order valence-electron chi connectivity index (χ4n) is 1.79. The van der Waals surface area contributed by atoms with Crippen LogP contribution in [0, 0.1) is 11.8 Å². The molecule has 0 heterocycles. The van der Waals surface area contributed by atoms with Gasteiger partial charge in [-0.25, -0.2) is 0 Å². The number of amides is 1. The Bertz CT molecular complexity index is 505. The summed E-state index contributed by atoms with van der Waals surface area (Å²) in [6.45, 7) is 1.85. The van der Waals surface area contributed by atoms with Gasteiger partial charge in [0.1, 0.15) is 6.61 Å². The molecule has 0 aromatic heterocycles. The van der Waals surface area contributed by atoms with Crippen molar-refractivity contribution in [2.75, 3.05) is 25.7 Å². The van der Waals surface area contributed by atoms with Gasteiger partial charge in [-0.1, -0.05) is 24.0 Å². The Labute approximate surface area is 125 Å². The highest BCUT2D eigenvalue weighted by molar-refractivity contribution is 7.98. The van der Waals surface area contributed by atoms with Gasteiger partial charge >= 0.3 is 0 Å². The summed E-state index contributed by atoms with van der Waals surface area (Å²) in [5.41, 5.74) is 1.25. The molecule has 20 heavy (non-hydrogen) atoms. The number of thioether (sulfide) groups is 1. The number of carbonyl (C=O) groups excluding carboxylic acids is 1. The molecule has 1 N–H and O–H groups in total. The van der Waals surface area contributed by atoms with Crippen molar-refractivity contribution in [1.82, 2.24) is 4.90 Å². The summed E-state index contributed by atoms with van der Waals surface area (Å²) < 4.78 is 0. The smallest absolute Gasteiger partial charge is 0.255 e. The largest absolute Gasteiger partial charge is 0.384 e. The summed E-state index contributed by atoms with van der Waals surface area (Å²) in [4.78, 5) is 14.3. The van der Waals surface area contributed by atoms with Gasteiger partial charge in [0.05, 0.1) is 5.56 Å². The first kappa shape index (κ1) is 16.6. The van der Waals surface area contributed by atoms with Crippen molar-refractivity contribution in [2.45, 2.75) is 19.4 Å². The SMILES string of the molecule is CSCCC(C)N(C)C(=O)c1ccccc1C#CCO. The highest BCUT2D eigenvalue weighted by Crippen LogP contribution is 2.14. The van der Waals surface area contributed by atoms with Gasteiger partial charge in [-0.15, -0.1) is 0 Å². The van der Waals surface area contributed by atoms with Crippen molar-refractivity contribution < 1.29 is 9.90 Å². The highest BCUT2D eigenvalue weighted by atomic mass is 32.2. The molecule has 0 saturated carbocycles. The van der Waals surface area contributed by atoms with Gasteiger partial charge in [-0.3, -0.25) is 4.79 Å². The Hall–Kier alpha value is -1.44. The predicted molar refractivity (Wildman–Crippen MR) is 85.0 cm³/mol. The predicted octanol–water partition coefficient (Wildman–Crippen LogP) is 2.24. The average Bonchev–Trinajstić information content (AvgIpc) is 2.49. The van der Waals surface area contributed by atoms with Crippen LogP contribution in [-0.4, -0.2) is 47.6 Å². The zero-order valence-corrected chi connectivity index (χ0v) is 13.0. The maximum absolute atomic E-state index is 12.5. The zero-order valence-electron chi connectivity index (χ0n) is 12.2. The lowest BCUT2D eigenvalue weighted by Gasteiger charge is -2.25. The van der Waals surface area contributed by atoms with Crippen LogP contribution in [0.5, 0.6) is 0 Å². The molecule has 1 amide bonds. The van der Waals surface area contributed by atoms with Crippen LogP contribution >= 0.6 is 11.8 Å². The van der Waals surface area contributed by atoms with Gasteiger partial charge < -0.3 is 10.0 Å². The van der Waals surface area contributed by atoms with Crippen LogP contribution in [0.3, 0.4) is 0 Å². The molecule has 1 unspecified atom stereocenters. The summed E-state index contributed by atoms with van der Waals surface area (Å²) >= 11 is 1.78. The first-order valence-corrected chi connectivity index (χ1v) is 7.96. The summed E-state index contributed by atoms with van der Waals surface area (Å²) in [5, 5.41) is 8.78. The molecule has 0 bridgehead atoms. The number of hydrogen-bond acceptors (Lipinski definition) is 3. The lowest BCUT2D eigenvalue weighted by atomic mass is 10.1. The normalized spacial score (nSPS) is 11.4. The molecule has 1 aromatic carbocycles. The van der Waals surface area contributed by atoms with Gasteiger partial charge in [-0.2, -0.15) is 11.8 Å². The fraction of sp³-hybridized carbons (Fsp3) is 0.438. The first-order chi connectivity index (χ1) is 9.61. The van der Waals surface area contributed by atoms with E-state index in [1.807, 2.05) is 19.2 Å². The van der Waals surface area contributed by atoms with Crippen molar-refractivity contribution in [3.63, 3.8) is 0 Å². The van der Waals surface area contributed by atoms with E-state index in [1.54, 1.807) is 28.8 Å².